The highest BCUT2D eigenvalue weighted by atomic mass is 32.2. The number of nitrogens with two attached hydrogens (primary N) is 1. The minimum atomic E-state index is -3.57. The van der Waals surface area contributed by atoms with Crippen LogP contribution in [-0.4, -0.2) is 24.9 Å². The predicted octanol–water partition coefficient (Wildman–Crippen LogP) is 1.21. The molecular weight excluding hydrogens is 252 g/mol. The maximum absolute atomic E-state index is 12.3. The minimum absolute atomic E-state index is 0.211. The van der Waals surface area contributed by atoms with Crippen molar-refractivity contribution in [2.45, 2.75) is 11.8 Å². The average molecular weight is 266 g/mol. The molecular formula is C11H14N4O2S. The highest BCUT2D eigenvalue weighted by Crippen LogP contribution is 2.21. The van der Waals surface area contributed by atoms with Gasteiger partial charge in [0.05, 0.1) is 11.9 Å². The molecule has 0 aromatic carbocycles. The Labute approximate surface area is 106 Å². The zero-order chi connectivity index (χ0) is 13.2. The van der Waals surface area contributed by atoms with Gasteiger partial charge in [-0.15, -0.1) is 0 Å². The van der Waals surface area contributed by atoms with Gasteiger partial charge in [0.15, 0.2) is 0 Å². The molecule has 0 saturated heterocycles. The summed E-state index contributed by atoms with van der Waals surface area (Å²) >= 11 is 0. The molecule has 96 valence electrons. The molecule has 0 fully saturated rings. The summed E-state index contributed by atoms with van der Waals surface area (Å²) in [5.41, 5.74) is 6.03. The third kappa shape index (κ3) is 2.17. The summed E-state index contributed by atoms with van der Waals surface area (Å²) in [6.07, 6.45) is 4.44. The van der Waals surface area contributed by atoms with Crippen molar-refractivity contribution in [3.05, 3.63) is 36.8 Å². The van der Waals surface area contributed by atoms with Crippen LogP contribution in [0.15, 0.2) is 41.7 Å². The van der Waals surface area contributed by atoms with E-state index in [1.807, 2.05) is 0 Å². The van der Waals surface area contributed by atoms with Crippen LogP contribution >= 0.6 is 0 Å². The Kier molecular flexibility index (Phi) is 3.24. The summed E-state index contributed by atoms with van der Waals surface area (Å²) < 4.78 is 25.9. The lowest BCUT2D eigenvalue weighted by Gasteiger charge is -2.20. The highest BCUT2D eigenvalue weighted by Gasteiger charge is 2.24. The number of H-pyrrole nitrogens is 1. The van der Waals surface area contributed by atoms with Crippen molar-refractivity contribution < 1.29 is 8.42 Å². The summed E-state index contributed by atoms with van der Waals surface area (Å²) in [4.78, 5) is 6.98. The molecule has 0 radical (unpaired) electrons. The predicted molar refractivity (Wildman–Crippen MR) is 69.6 cm³/mol. The van der Waals surface area contributed by atoms with Crippen LogP contribution in [0.2, 0.25) is 0 Å². The molecule has 6 nitrogen and oxygen atoms in total. The fourth-order valence-corrected chi connectivity index (χ4v) is 3.00. The van der Waals surface area contributed by atoms with Crippen LogP contribution in [0.3, 0.4) is 0 Å². The number of hydrogen-bond donors (Lipinski definition) is 2. The number of aromatic amines is 1. The number of hydrogen-bond acceptors (Lipinski definition) is 4. The fraction of sp³-hybridized carbons (Fsp3) is 0.182. The summed E-state index contributed by atoms with van der Waals surface area (Å²) in [6.45, 7) is 2.05. The van der Waals surface area contributed by atoms with Crippen LogP contribution in [0.1, 0.15) is 6.92 Å². The zero-order valence-corrected chi connectivity index (χ0v) is 10.7. The van der Waals surface area contributed by atoms with Crippen LogP contribution in [0.4, 0.5) is 11.5 Å². The number of sulfonamides is 1. The molecule has 2 aromatic rings. The first kappa shape index (κ1) is 12.4. The van der Waals surface area contributed by atoms with E-state index in [1.165, 1.54) is 22.8 Å². The maximum Gasteiger partial charge on any atom is 0.266 e. The van der Waals surface area contributed by atoms with Crippen molar-refractivity contribution >= 4 is 21.5 Å². The standard InChI is InChI=1S/C11H14N4O2S/c1-2-15(11-4-3-9(12)7-14-11)18(16,17)10-5-6-13-8-10/h3-8,13H,2,12H2,1H3. The molecule has 18 heavy (non-hydrogen) atoms. The van der Waals surface area contributed by atoms with Crippen molar-refractivity contribution in [3.63, 3.8) is 0 Å². The monoisotopic (exact) mass is 266 g/mol. The summed E-state index contributed by atoms with van der Waals surface area (Å²) in [5.74, 6) is 0.355. The van der Waals surface area contributed by atoms with Crippen LogP contribution in [0.25, 0.3) is 0 Å². The fourth-order valence-electron chi connectivity index (χ4n) is 1.60. The van der Waals surface area contributed by atoms with Gasteiger partial charge >= 0.3 is 0 Å². The van der Waals surface area contributed by atoms with Gasteiger partial charge in [-0.05, 0) is 25.1 Å². The van der Waals surface area contributed by atoms with Crippen LogP contribution in [-0.2, 0) is 10.0 Å². The van der Waals surface area contributed by atoms with Crippen molar-refractivity contribution in [3.8, 4) is 0 Å². The molecule has 7 heteroatoms. The molecule has 0 aliphatic heterocycles. The van der Waals surface area contributed by atoms with Crippen LogP contribution in [0.5, 0.6) is 0 Å². The molecule has 0 atom stereocenters. The van der Waals surface area contributed by atoms with Crippen LogP contribution in [0, 0.1) is 0 Å². The Morgan fingerprint density at radius 2 is 2.17 bits per heavy atom. The van der Waals surface area contributed by atoms with E-state index >= 15 is 0 Å². The van der Waals surface area contributed by atoms with Crippen molar-refractivity contribution in [2.24, 2.45) is 0 Å². The third-order valence-corrected chi connectivity index (χ3v) is 4.35. The number of pyridine rings is 1. The van der Waals surface area contributed by atoms with Crippen molar-refractivity contribution in [1.82, 2.24) is 9.97 Å². The molecule has 0 spiro atoms. The molecule has 2 rings (SSSR count). The van der Waals surface area contributed by atoms with E-state index in [1.54, 1.807) is 25.3 Å². The van der Waals surface area contributed by atoms with Gasteiger partial charge in [0.2, 0.25) is 0 Å². The first-order valence-electron chi connectivity index (χ1n) is 5.42. The van der Waals surface area contributed by atoms with Gasteiger partial charge in [-0.2, -0.15) is 0 Å². The lowest BCUT2D eigenvalue weighted by molar-refractivity contribution is 0.591. The van der Waals surface area contributed by atoms with E-state index in [0.717, 1.165) is 0 Å². The Morgan fingerprint density at radius 3 is 2.67 bits per heavy atom. The number of anilines is 2. The zero-order valence-electron chi connectivity index (χ0n) is 9.87. The lowest BCUT2D eigenvalue weighted by Crippen LogP contribution is -2.31. The van der Waals surface area contributed by atoms with E-state index in [4.69, 9.17) is 5.73 Å². The molecule has 0 bridgehead atoms. The van der Waals surface area contributed by atoms with Gasteiger partial charge < -0.3 is 10.7 Å². The van der Waals surface area contributed by atoms with Gasteiger partial charge in [0.1, 0.15) is 10.7 Å². The molecule has 2 aromatic heterocycles. The molecule has 0 unspecified atom stereocenters. The largest absolute Gasteiger partial charge is 0.397 e. The topological polar surface area (TPSA) is 92.1 Å². The van der Waals surface area contributed by atoms with E-state index in [9.17, 15) is 8.42 Å². The third-order valence-electron chi connectivity index (χ3n) is 2.47. The van der Waals surface area contributed by atoms with Gasteiger partial charge in [-0.1, -0.05) is 0 Å². The number of nitrogens with one attached hydrogen (secondary N) is 1. The second-order valence-electron chi connectivity index (χ2n) is 3.67. The summed E-state index contributed by atoms with van der Waals surface area (Å²) in [5, 5.41) is 0. The van der Waals surface area contributed by atoms with E-state index in [2.05, 4.69) is 9.97 Å². The second kappa shape index (κ2) is 4.69. The number of nitrogen functional groups attached to an aromatic ring is 1. The van der Waals surface area contributed by atoms with E-state index in [0.29, 0.717) is 18.1 Å². The molecule has 2 heterocycles. The quantitative estimate of drug-likeness (QED) is 0.870. The first-order chi connectivity index (χ1) is 8.55. The van der Waals surface area contributed by atoms with Gasteiger partial charge in [0.25, 0.3) is 10.0 Å². The second-order valence-corrected chi connectivity index (χ2v) is 5.53. The summed E-state index contributed by atoms with van der Waals surface area (Å²) in [7, 11) is -3.57. The van der Waals surface area contributed by atoms with Gasteiger partial charge in [-0.3, -0.25) is 4.31 Å². The molecule has 0 saturated carbocycles. The minimum Gasteiger partial charge on any atom is -0.397 e. The Morgan fingerprint density at radius 1 is 1.39 bits per heavy atom. The lowest BCUT2D eigenvalue weighted by atomic mass is 10.4. The SMILES string of the molecule is CCN(c1ccc(N)cn1)S(=O)(=O)c1cc[nH]c1. The van der Waals surface area contributed by atoms with Crippen LogP contribution < -0.4 is 10.0 Å². The molecule has 0 aliphatic carbocycles. The van der Waals surface area contributed by atoms with E-state index in [-0.39, 0.29) is 4.90 Å². The van der Waals surface area contributed by atoms with Crippen molar-refractivity contribution in [2.75, 3.05) is 16.6 Å². The normalized spacial score (nSPS) is 11.4. The Bertz CT molecular complexity index is 605. The van der Waals surface area contributed by atoms with Crippen molar-refractivity contribution in [1.29, 1.82) is 0 Å². The molecule has 0 amide bonds. The first-order valence-corrected chi connectivity index (χ1v) is 6.86. The Balaban J connectivity index is 2.43. The Hall–Kier alpha value is -2.02. The maximum atomic E-state index is 12.3. The molecule has 0 aliphatic rings. The number of nitrogens with zero attached hydrogens (tertiary/aromatic N) is 2. The van der Waals surface area contributed by atoms with Gasteiger partial charge in [0, 0.05) is 18.9 Å². The number of rotatable bonds is 4. The number of aromatic nitrogens is 2. The smallest absolute Gasteiger partial charge is 0.266 e. The van der Waals surface area contributed by atoms with Gasteiger partial charge in [-0.25, -0.2) is 13.4 Å². The average Bonchev–Trinajstić information content (AvgIpc) is 2.86. The summed E-state index contributed by atoms with van der Waals surface area (Å²) in [6, 6.07) is 4.72. The molecule has 3 N–H and O–H groups in total. The van der Waals surface area contributed by atoms with E-state index < -0.39 is 10.0 Å². The highest BCUT2D eigenvalue weighted by molar-refractivity contribution is 7.92.